The van der Waals surface area contributed by atoms with Crippen molar-refractivity contribution < 1.29 is 24.5 Å². The van der Waals surface area contributed by atoms with Crippen molar-refractivity contribution >= 4 is 11.9 Å². The van der Waals surface area contributed by atoms with Crippen molar-refractivity contribution in [3.8, 4) is 0 Å². The summed E-state index contributed by atoms with van der Waals surface area (Å²) in [6.45, 7) is 4.65. The number of ether oxygens (including phenoxy) is 1. The zero-order valence-corrected chi connectivity index (χ0v) is 18.9. The molecule has 5 aliphatic rings. The number of aliphatic hydroxyl groups is 2. The van der Waals surface area contributed by atoms with E-state index in [1.807, 2.05) is 0 Å². The molecule has 31 heavy (non-hydrogen) atoms. The van der Waals surface area contributed by atoms with Crippen molar-refractivity contribution in [2.75, 3.05) is 13.2 Å². The van der Waals surface area contributed by atoms with E-state index < -0.39 is 12.2 Å². The smallest absolute Gasteiger partial charge is 0.331 e. The van der Waals surface area contributed by atoms with Crippen LogP contribution in [0.4, 0.5) is 0 Å². The molecule has 0 saturated heterocycles. The summed E-state index contributed by atoms with van der Waals surface area (Å²) in [7, 11) is 0. The van der Waals surface area contributed by atoms with Gasteiger partial charge in [-0.15, -0.1) is 0 Å². The largest absolute Gasteiger partial charge is 0.458 e. The van der Waals surface area contributed by atoms with E-state index in [2.05, 4.69) is 19.2 Å². The van der Waals surface area contributed by atoms with Crippen LogP contribution in [0.5, 0.6) is 0 Å². The van der Waals surface area contributed by atoms with Crippen molar-refractivity contribution in [1.82, 2.24) is 5.32 Å². The Morgan fingerprint density at radius 1 is 1.13 bits per heavy atom. The topological polar surface area (TPSA) is 95.9 Å². The highest BCUT2D eigenvalue weighted by Gasteiger charge is 2.67. The molecule has 1 amide bonds. The Balaban J connectivity index is 1.37. The molecular weight excluding hydrogens is 394 g/mol. The van der Waals surface area contributed by atoms with Crippen molar-refractivity contribution in [3.05, 3.63) is 11.6 Å². The first-order valence-corrected chi connectivity index (χ1v) is 12.2. The van der Waals surface area contributed by atoms with Gasteiger partial charge in [0.25, 0.3) is 0 Å². The third-order valence-electron chi connectivity index (χ3n) is 10.5. The van der Waals surface area contributed by atoms with Gasteiger partial charge in [-0.1, -0.05) is 13.8 Å². The number of fused-ring (bicyclic) bond motifs is 5. The highest BCUT2D eigenvalue weighted by Crippen LogP contribution is 2.69. The minimum atomic E-state index is -0.678. The Bertz CT molecular complexity index is 810. The van der Waals surface area contributed by atoms with Crippen molar-refractivity contribution in [2.45, 2.75) is 83.3 Å². The van der Waals surface area contributed by atoms with Crippen LogP contribution in [0, 0.1) is 34.5 Å². The molecule has 0 radical (unpaired) electrons. The molecule has 6 nitrogen and oxygen atoms in total. The van der Waals surface area contributed by atoms with E-state index >= 15 is 0 Å². The highest BCUT2D eigenvalue weighted by atomic mass is 16.5. The maximum absolute atomic E-state index is 12.2. The summed E-state index contributed by atoms with van der Waals surface area (Å²) in [5.41, 5.74) is 0.415. The molecule has 0 aromatic heterocycles. The highest BCUT2D eigenvalue weighted by molar-refractivity contribution is 5.85. The molecule has 6 heteroatoms. The lowest BCUT2D eigenvalue weighted by atomic mass is 9.43. The van der Waals surface area contributed by atoms with Crippen LogP contribution >= 0.6 is 0 Å². The predicted molar refractivity (Wildman–Crippen MR) is 115 cm³/mol. The summed E-state index contributed by atoms with van der Waals surface area (Å²) < 4.78 is 5.22. The van der Waals surface area contributed by atoms with Crippen LogP contribution in [0.1, 0.15) is 71.6 Å². The number of rotatable bonds is 3. The second-order valence-electron chi connectivity index (χ2n) is 11.5. The second-order valence-corrected chi connectivity index (χ2v) is 11.5. The van der Waals surface area contributed by atoms with Crippen LogP contribution in [-0.2, 0) is 14.3 Å². The standard InChI is InChI=1S/C25H37NO5/c1-23-8-5-17(26-21(28)13-27)12-16(23)3-4-20-19(23)6-9-24(2)18(7-10-25(20,24)30)15-11-22(29)31-14-15/h11,16-20,27,30H,3-10,12-14H2,1-2H3,(H,26,28)/t16-,17+,18-,19+,20-,23+,24-,25+/m1/s1. The van der Waals surface area contributed by atoms with E-state index in [1.54, 1.807) is 6.08 Å². The predicted octanol–water partition coefficient (Wildman–Crippen LogP) is 2.72. The Morgan fingerprint density at radius 3 is 2.65 bits per heavy atom. The number of esters is 1. The van der Waals surface area contributed by atoms with Crippen molar-refractivity contribution in [2.24, 2.45) is 34.5 Å². The molecule has 0 aromatic carbocycles. The molecule has 3 N–H and O–H groups in total. The van der Waals surface area contributed by atoms with Gasteiger partial charge in [0.2, 0.25) is 5.91 Å². The molecule has 4 fully saturated rings. The zero-order chi connectivity index (χ0) is 22.0. The molecule has 0 aromatic rings. The van der Waals surface area contributed by atoms with Crippen LogP contribution in [0.15, 0.2) is 11.6 Å². The summed E-state index contributed by atoms with van der Waals surface area (Å²) >= 11 is 0. The van der Waals surface area contributed by atoms with E-state index in [-0.39, 0.29) is 34.7 Å². The van der Waals surface area contributed by atoms with Gasteiger partial charge in [-0.25, -0.2) is 4.79 Å². The number of carbonyl (C=O) groups excluding carboxylic acids is 2. The fraction of sp³-hybridized carbons (Fsp3) is 0.840. The molecule has 8 atom stereocenters. The maximum atomic E-state index is 12.2. The average molecular weight is 432 g/mol. The van der Waals surface area contributed by atoms with Crippen LogP contribution in [0.25, 0.3) is 0 Å². The van der Waals surface area contributed by atoms with Crippen molar-refractivity contribution in [1.29, 1.82) is 0 Å². The Morgan fingerprint density at radius 2 is 1.94 bits per heavy atom. The number of amides is 1. The van der Waals surface area contributed by atoms with Gasteiger partial charge in [0.1, 0.15) is 13.2 Å². The SMILES string of the molecule is C[C@]12CC[C@H](NC(=O)CO)C[C@H]1CC[C@@H]1[C@@H]2CC[C@]2(C)[C@@H](C3=CC(=O)OC3)CC[C@]12O. The maximum Gasteiger partial charge on any atom is 0.331 e. The molecule has 4 saturated carbocycles. The number of hydrogen-bond donors (Lipinski definition) is 3. The minimum Gasteiger partial charge on any atom is -0.458 e. The third-order valence-corrected chi connectivity index (χ3v) is 10.5. The van der Waals surface area contributed by atoms with Gasteiger partial charge in [-0.05, 0) is 92.4 Å². The molecule has 1 aliphatic heterocycles. The molecule has 4 aliphatic carbocycles. The average Bonchev–Trinajstić information content (AvgIpc) is 3.28. The Hall–Kier alpha value is -1.40. The summed E-state index contributed by atoms with van der Waals surface area (Å²) in [6, 6.07) is 0.161. The minimum absolute atomic E-state index is 0.161. The number of aliphatic hydroxyl groups excluding tert-OH is 1. The van der Waals surface area contributed by atoms with E-state index in [0.29, 0.717) is 24.4 Å². The van der Waals surface area contributed by atoms with Crippen LogP contribution < -0.4 is 5.32 Å². The summed E-state index contributed by atoms with van der Waals surface area (Å²) in [5.74, 6) is 1.10. The van der Waals surface area contributed by atoms with Gasteiger partial charge in [-0.3, -0.25) is 4.79 Å². The number of carbonyl (C=O) groups is 2. The first-order chi connectivity index (χ1) is 14.7. The van der Waals surface area contributed by atoms with Gasteiger partial charge >= 0.3 is 5.97 Å². The molecular formula is C25H37NO5. The summed E-state index contributed by atoms with van der Waals surface area (Å²) in [4.78, 5) is 23.4. The molecule has 0 bridgehead atoms. The molecule has 0 spiro atoms. The molecule has 1 heterocycles. The lowest BCUT2D eigenvalue weighted by Crippen LogP contribution is -2.62. The van der Waals surface area contributed by atoms with Crippen LogP contribution in [-0.4, -0.2) is 46.9 Å². The van der Waals surface area contributed by atoms with Gasteiger partial charge in [0, 0.05) is 17.5 Å². The van der Waals surface area contributed by atoms with E-state index in [0.717, 1.165) is 63.4 Å². The normalized spacial score (nSPS) is 48.8. The Labute approximate surface area is 184 Å². The molecule has 0 unspecified atom stereocenters. The van der Waals surface area contributed by atoms with E-state index in [9.17, 15) is 14.7 Å². The lowest BCUT2D eigenvalue weighted by molar-refractivity contribution is -0.205. The quantitative estimate of drug-likeness (QED) is 0.597. The Kier molecular flexibility index (Phi) is 5.06. The van der Waals surface area contributed by atoms with Gasteiger partial charge in [-0.2, -0.15) is 0 Å². The van der Waals surface area contributed by atoms with Crippen LogP contribution in [0.2, 0.25) is 0 Å². The lowest BCUT2D eigenvalue weighted by Gasteiger charge is -2.64. The van der Waals surface area contributed by atoms with E-state index in [1.165, 1.54) is 0 Å². The molecule has 5 rings (SSSR count). The molecule has 172 valence electrons. The first-order valence-electron chi connectivity index (χ1n) is 12.2. The van der Waals surface area contributed by atoms with Crippen LogP contribution in [0.3, 0.4) is 0 Å². The third kappa shape index (κ3) is 3.04. The number of nitrogens with one attached hydrogen (secondary N) is 1. The van der Waals surface area contributed by atoms with Gasteiger partial charge in [0.15, 0.2) is 0 Å². The summed E-state index contributed by atoms with van der Waals surface area (Å²) in [6.07, 6.45) is 10.7. The summed E-state index contributed by atoms with van der Waals surface area (Å²) in [5, 5.41) is 24.3. The van der Waals surface area contributed by atoms with Crippen molar-refractivity contribution in [3.63, 3.8) is 0 Å². The van der Waals surface area contributed by atoms with E-state index in [4.69, 9.17) is 9.84 Å². The van der Waals surface area contributed by atoms with Gasteiger partial charge < -0.3 is 20.3 Å². The second kappa shape index (κ2) is 7.31. The number of cyclic esters (lactones) is 1. The zero-order valence-electron chi connectivity index (χ0n) is 18.9. The fourth-order valence-electron chi connectivity index (χ4n) is 8.81. The monoisotopic (exact) mass is 431 g/mol. The number of hydrogen-bond acceptors (Lipinski definition) is 5. The fourth-order valence-corrected chi connectivity index (χ4v) is 8.81. The first kappa shape index (κ1) is 21.4. The van der Waals surface area contributed by atoms with Gasteiger partial charge in [0.05, 0.1) is 5.60 Å².